The number of nitrogens with one attached hydrogen (secondary N) is 1. The van der Waals surface area contributed by atoms with Gasteiger partial charge < -0.3 is 20.1 Å². The maximum absolute atomic E-state index is 12.1. The van der Waals surface area contributed by atoms with E-state index in [1.807, 2.05) is 0 Å². The highest BCUT2D eigenvalue weighted by Gasteiger charge is 2.36. The van der Waals surface area contributed by atoms with Gasteiger partial charge in [-0.2, -0.15) is 0 Å². The Labute approximate surface area is 99.9 Å². The normalized spacial score (nSPS) is 30.0. The highest BCUT2D eigenvalue weighted by atomic mass is 16.5. The van der Waals surface area contributed by atoms with Crippen LogP contribution >= 0.6 is 0 Å². The zero-order valence-electron chi connectivity index (χ0n) is 9.72. The average molecular weight is 242 g/mol. The summed E-state index contributed by atoms with van der Waals surface area (Å²) in [7, 11) is 0. The Morgan fingerprint density at radius 2 is 1.94 bits per heavy atom. The summed E-state index contributed by atoms with van der Waals surface area (Å²) in [4.78, 5) is 24.6. The zero-order valence-corrected chi connectivity index (χ0v) is 9.72. The summed E-state index contributed by atoms with van der Waals surface area (Å²) in [5.41, 5.74) is 0. The van der Waals surface area contributed by atoms with Crippen molar-refractivity contribution in [2.75, 3.05) is 26.2 Å². The minimum absolute atomic E-state index is 0.0579. The van der Waals surface area contributed by atoms with E-state index >= 15 is 0 Å². The number of hydrogen-bond acceptors (Lipinski definition) is 4. The fraction of sp³-hybridized carbons (Fsp3) is 0.818. The van der Waals surface area contributed by atoms with E-state index in [4.69, 9.17) is 9.84 Å². The molecule has 96 valence electrons. The predicted molar refractivity (Wildman–Crippen MR) is 59.6 cm³/mol. The van der Waals surface area contributed by atoms with Crippen LogP contribution in [0.2, 0.25) is 0 Å². The molecule has 2 saturated heterocycles. The molecule has 2 fully saturated rings. The van der Waals surface area contributed by atoms with Gasteiger partial charge in [-0.3, -0.25) is 4.79 Å². The number of amides is 1. The fourth-order valence-electron chi connectivity index (χ4n) is 2.27. The maximum atomic E-state index is 12.1. The lowest BCUT2D eigenvalue weighted by atomic mass is 10.2. The van der Waals surface area contributed by atoms with Gasteiger partial charge in [0.1, 0.15) is 6.10 Å². The van der Waals surface area contributed by atoms with Crippen molar-refractivity contribution in [3.63, 3.8) is 0 Å². The van der Waals surface area contributed by atoms with Crippen molar-refractivity contribution in [1.29, 1.82) is 0 Å². The van der Waals surface area contributed by atoms with Gasteiger partial charge in [0.2, 0.25) is 0 Å². The molecule has 2 atom stereocenters. The van der Waals surface area contributed by atoms with Crippen LogP contribution in [0, 0.1) is 0 Å². The van der Waals surface area contributed by atoms with Crippen molar-refractivity contribution < 1.29 is 19.4 Å². The standard InChI is InChI=1S/C11H18N2O4/c14-10(13-6-1-4-12-5-7-13)8-2-3-9(17-8)11(15)16/h8-9,12H,1-7H2,(H,15,16). The summed E-state index contributed by atoms with van der Waals surface area (Å²) in [6.07, 6.45) is 0.501. The average Bonchev–Trinajstić information content (AvgIpc) is 2.65. The third-order valence-corrected chi connectivity index (χ3v) is 3.22. The number of ether oxygens (including phenoxy) is 1. The van der Waals surface area contributed by atoms with E-state index in [9.17, 15) is 9.59 Å². The van der Waals surface area contributed by atoms with E-state index in [2.05, 4.69) is 5.32 Å². The third-order valence-electron chi connectivity index (χ3n) is 3.22. The van der Waals surface area contributed by atoms with Crippen LogP contribution in [0.4, 0.5) is 0 Å². The van der Waals surface area contributed by atoms with Gasteiger partial charge in [0, 0.05) is 19.6 Å². The fourth-order valence-corrected chi connectivity index (χ4v) is 2.27. The number of nitrogens with zero attached hydrogens (tertiary/aromatic N) is 1. The minimum Gasteiger partial charge on any atom is -0.479 e. The predicted octanol–water partition coefficient (Wildman–Crippen LogP) is -0.559. The highest BCUT2D eigenvalue weighted by molar-refractivity contribution is 5.82. The quantitative estimate of drug-likeness (QED) is 0.678. The number of aliphatic carboxylic acids is 1. The lowest BCUT2D eigenvalue weighted by molar-refractivity contribution is -0.154. The van der Waals surface area contributed by atoms with Gasteiger partial charge in [-0.1, -0.05) is 0 Å². The van der Waals surface area contributed by atoms with Crippen LogP contribution in [0.1, 0.15) is 19.3 Å². The van der Waals surface area contributed by atoms with Crippen molar-refractivity contribution >= 4 is 11.9 Å². The van der Waals surface area contributed by atoms with E-state index < -0.39 is 18.2 Å². The van der Waals surface area contributed by atoms with Gasteiger partial charge in [0.15, 0.2) is 6.10 Å². The molecule has 2 rings (SSSR count). The van der Waals surface area contributed by atoms with Crippen LogP contribution < -0.4 is 5.32 Å². The molecule has 0 aromatic rings. The summed E-state index contributed by atoms with van der Waals surface area (Å²) in [5.74, 6) is -1.03. The van der Waals surface area contributed by atoms with Crippen LogP contribution in [0.3, 0.4) is 0 Å². The Bertz CT molecular complexity index is 300. The second kappa shape index (κ2) is 5.46. The molecule has 6 heteroatoms. The monoisotopic (exact) mass is 242 g/mol. The molecule has 0 bridgehead atoms. The number of carboxylic acid groups (broad SMARTS) is 1. The Balaban J connectivity index is 1.89. The number of hydrogen-bond donors (Lipinski definition) is 2. The molecular formula is C11H18N2O4. The van der Waals surface area contributed by atoms with Crippen molar-refractivity contribution in [3.05, 3.63) is 0 Å². The minimum atomic E-state index is -0.974. The van der Waals surface area contributed by atoms with Gasteiger partial charge in [-0.05, 0) is 25.8 Å². The van der Waals surface area contributed by atoms with Crippen molar-refractivity contribution in [1.82, 2.24) is 10.2 Å². The molecule has 6 nitrogen and oxygen atoms in total. The Morgan fingerprint density at radius 3 is 2.65 bits per heavy atom. The van der Waals surface area contributed by atoms with Crippen molar-refractivity contribution in [2.45, 2.75) is 31.5 Å². The summed E-state index contributed by atoms with van der Waals surface area (Å²) >= 11 is 0. The third kappa shape index (κ3) is 2.95. The van der Waals surface area contributed by atoms with E-state index in [0.29, 0.717) is 19.4 Å². The molecule has 0 aromatic carbocycles. The van der Waals surface area contributed by atoms with Crippen LogP contribution in [0.5, 0.6) is 0 Å². The summed E-state index contributed by atoms with van der Waals surface area (Å²) in [5, 5.41) is 12.0. The van der Waals surface area contributed by atoms with Gasteiger partial charge >= 0.3 is 5.97 Å². The smallest absolute Gasteiger partial charge is 0.332 e. The van der Waals surface area contributed by atoms with Gasteiger partial charge in [-0.15, -0.1) is 0 Å². The van der Waals surface area contributed by atoms with Crippen LogP contribution in [-0.4, -0.2) is 60.3 Å². The molecule has 2 aliphatic heterocycles. The molecule has 2 aliphatic rings. The Morgan fingerprint density at radius 1 is 1.18 bits per heavy atom. The molecule has 2 unspecified atom stereocenters. The zero-order chi connectivity index (χ0) is 12.3. The largest absolute Gasteiger partial charge is 0.479 e. The van der Waals surface area contributed by atoms with Crippen molar-refractivity contribution in [2.24, 2.45) is 0 Å². The number of carbonyl (C=O) groups is 2. The van der Waals surface area contributed by atoms with E-state index in [-0.39, 0.29) is 5.91 Å². The van der Waals surface area contributed by atoms with Crippen LogP contribution in [0.25, 0.3) is 0 Å². The molecule has 2 heterocycles. The summed E-state index contributed by atoms with van der Waals surface area (Å²) < 4.78 is 5.27. The second-order valence-electron chi connectivity index (χ2n) is 4.46. The highest BCUT2D eigenvalue weighted by Crippen LogP contribution is 2.21. The first kappa shape index (κ1) is 12.3. The number of rotatable bonds is 2. The lowest BCUT2D eigenvalue weighted by Crippen LogP contribution is -2.41. The first-order chi connectivity index (χ1) is 8.18. The van der Waals surface area contributed by atoms with Crippen LogP contribution in [-0.2, 0) is 14.3 Å². The SMILES string of the molecule is O=C(O)C1CCC(C(=O)N2CCCNCC2)O1. The molecule has 17 heavy (non-hydrogen) atoms. The first-order valence-electron chi connectivity index (χ1n) is 6.06. The van der Waals surface area contributed by atoms with Crippen LogP contribution in [0.15, 0.2) is 0 Å². The molecule has 0 spiro atoms. The molecule has 0 aromatic heterocycles. The van der Waals surface area contributed by atoms with E-state index in [1.165, 1.54) is 0 Å². The molecule has 0 radical (unpaired) electrons. The van der Waals surface area contributed by atoms with E-state index in [0.717, 1.165) is 26.1 Å². The Hall–Kier alpha value is -1.14. The topological polar surface area (TPSA) is 78.9 Å². The van der Waals surface area contributed by atoms with Crippen molar-refractivity contribution in [3.8, 4) is 0 Å². The molecule has 0 aliphatic carbocycles. The molecule has 2 N–H and O–H groups in total. The van der Waals surface area contributed by atoms with Gasteiger partial charge in [-0.25, -0.2) is 4.79 Å². The van der Waals surface area contributed by atoms with E-state index in [1.54, 1.807) is 4.90 Å². The summed E-state index contributed by atoms with van der Waals surface area (Å²) in [6.45, 7) is 3.12. The van der Waals surface area contributed by atoms with Gasteiger partial charge in [0.05, 0.1) is 0 Å². The first-order valence-corrected chi connectivity index (χ1v) is 6.06. The molecule has 0 saturated carbocycles. The van der Waals surface area contributed by atoms with Gasteiger partial charge in [0.25, 0.3) is 5.91 Å². The summed E-state index contributed by atoms with van der Waals surface area (Å²) in [6, 6.07) is 0. The molecular weight excluding hydrogens is 224 g/mol. The number of carbonyl (C=O) groups excluding carboxylic acids is 1. The maximum Gasteiger partial charge on any atom is 0.332 e. The number of carboxylic acids is 1. The second-order valence-corrected chi connectivity index (χ2v) is 4.46. The Kier molecular flexibility index (Phi) is 3.96. The lowest BCUT2D eigenvalue weighted by Gasteiger charge is -2.23. The molecule has 1 amide bonds.